The number of carbonyl (C=O) groups is 1. The maximum atomic E-state index is 9.44. The van der Waals surface area contributed by atoms with Crippen LogP contribution in [0.1, 0.15) is 77.7 Å². The van der Waals surface area contributed by atoms with E-state index < -0.39 is 0 Å². The van der Waals surface area contributed by atoms with E-state index in [1.165, 1.54) is 13.8 Å². The van der Waals surface area contributed by atoms with Crippen LogP contribution in [-0.2, 0) is 4.79 Å². The van der Waals surface area contributed by atoms with Gasteiger partial charge < -0.3 is 19.7 Å². The highest BCUT2D eigenvalue weighted by molar-refractivity contribution is 5.72. The van der Waals surface area contributed by atoms with Gasteiger partial charge in [0.15, 0.2) is 0 Å². The van der Waals surface area contributed by atoms with Gasteiger partial charge in [0.1, 0.15) is 5.78 Å². The molecular weight excluding hydrogens is 484 g/mol. The summed E-state index contributed by atoms with van der Waals surface area (Å²) in [4.78, 5) is 20.7. The van der Waals surface area contributed by atoms with Crippen LogP contribution in [0, 0.1) is 0 Å². The van der Waals surface area contributed by atoms with Crippen LogP contribution >= 0.6 is 0 Å². The average Bonchev–Trinajstić information content (AvgIpc) is 2.84. The van der Waals surface area contributed by atoms with E-state index >= 15 is 0 Å². The summed E-state index contributed by atoms with van der Waals surface area (Å²) >= 11 is 0. The van der Waals surface area contributed by atoms with Crippen LogP contribution in [0.5, 0.6) is 0 Å². The summed E-state index contributed by atoms with van der Waals surface area (Å²) in [5.41, 5.74) is 0. The van der Waals surface area contributed by atoms with Gasteiger partial charge >= 0.3 is 0 Å². The fourth-order valence-electron chi connectivity index (χ4n) is 1.23. The maximum absolute atomic E-state index is 9.44. The van der Waals surface area contributed by atoms with E-state index in [1.54, 1.807) is 40.6 Å². The lowest BCUT2D eigenvalue weighted by atomic mass is 10.4. The van der Waals surface area contributed by atoms with E-state index in [-0.39, 0.29) is 34.2 Å². The molecule has 0 fully saturated rings. The van der Waals surface area contributed by atoms with Crippen molar-refractivity contribution in [2.45, 2.75) is 83.8 Å². The van der Waals surface area contributed by atoms with Gasteiger partial charge in [0, 0.05) is 48.4 Å². The second-order valence-electron chi connectivity index (χ2n) is 6.99. The number of hydrogen-bond acceptors (Lipinski definition) is 4. The van der Waals surface area contributed by atoms with Crippen molar-refractivity contribution < 1.29 is 9.90 Å². The van der Waals surface area contributed by atoms with Crippen LogP contribution in [0.3, 0.4) is 0 Å². The van der Waals surface area contributed by atoms with E-state index in [1.807, 2.05) is 138 Å². The minimum atomic E-state index is -0.167. The standard InChI is InChI=1S/2C6H6.2C4H10N2.C3H8O.C3H6O.2C2H6.3CH4/c2*1-2-4-6-5-3-1;2*1-5-4-6(2)3;2*1-3(2)4;2*1-2;;;/h2*1-6H;2*4H,1-3H3;3-4H,1-2H3;1-2H3;2*1-2H3;3*1H4. The van der Waals surface area contributed by atoms with E-state index in [2.05, 4.69) is 9.98 Å². The van der Waals surface area contributed by atoms with Crippen LogP contribution in [0.25, 0.3) is 0 Å². The number of hydrogen-bond donors (Lipinski definition) is 1. The second-order valence-corrected chi connectivity index (χ2v) is 6.99. The van der Waals surface area contributed by atoms with Gasteiger partial charge in [-0.3, -0.25) is 9.98 Å². The lowest BCUT2D eigenvalue weighted by Gasteiger charge is -1.98. The Morgan fingerprint density at radius 3 is 0.718 bits per heavy atom. The molecule has 39 heavy (non-hydrogen) atoms. The number of ketones is 1. The van der Waals surface area contributed by atoms with Gasteiger partial charge in [0.05, 0.1) is 12.7 Å². The third kappa shape index (κ3) is 169. The lowest BCUT2D eigenvalue weighted by molar-refractivity contribution is -0.115. The molecule has 0 amide bonds. The zero-order chi connectivity index (χ0) is 29.6. The van der Waals surface area contributed by atoms with Crippen LogP contribution in [0.2, 0.25) is 0 Å². The van der Waals surface area contributed by atoms with E-state index in [0.717, 1.165) is 0 Å². The molecule has 0 saturated heterocycles. The molecule has 2 rings (SSSR count). The molecule has 0 aromatic heterocycles. The molecule has 0 spiro atoms. The van der Waals surface area contributed by atoms with Gasteiger partial charge in [-0.2, -0.15) is 0 Å². The minimum Gasteiger partial charge on any atom is -0.394 e. The number of nitrogens with zero attached hydrogens (tertiary/aromatic N) is 4. The molecule has 0 aliphatic heterocycles. The Bertz CT molecular complexity index is 508. The first kappa shape index (κ1) is 60.5. The Hall–Kier alpha value is -2.99. The molecule has 0 radical (unpaired) electrons. The van der Waals surface area contributed by atoms with Crippen molar-refractivity contribution in [1.82, 2.24) is 9.80 Å². The fourth-order valence-corrected chi connectivity index (χ4v) is 1.23. The molecule has 0 aliphatic carbocycles. The fraction of sp³-hybridized carbons (Fsp3) is 0.545. The normalized spacial score (nSPS) is 7.38. The van der Waals surface area contributed by atoms with Gasteiger partial charge in [-0.1, -0.05) is 123 Å². The van der Waals surface area contributed by atoms with Gasteiger partial charge in [-0.05, 0) is 27.7 Å². The number of aliphatic imine (C=N–C) groups is 2. The number of Topliss-reactive ketones (excluding diaryl/α,β-unsaturated/α-hetero) is 1. The highest BCUT2D eigenvalue weighted by Crippen LogP contribution is 1.80. The molecular formula is C33H70N4O2. The second kappa shape index (κ2) is 64.7. The zero-order valence-corrected chi connectivity index (χ0v) is 25.8. The highest BCUT2D eigenvalue weighted by Gasteiger charge is 1.69. The van der Waals surface area contributed by atoms with E-state index in [9.17, 15) is 4.79 Å². The Kier molecular flexibility index (Phi) is 100. The number of aliphatic hydroxyl groups excluding tert-OH is 1. The minimum absolute atomic E-state index is 0. The van der Waals surface area contributed by atoms with Gasteiger partial charge in [-0.15, -0.1) is 0 Å². The van der Waals surface area contributed by atoms with Crippen molar-refractivity contribution in [3.05, 3.63) is 72.8 Å². The van der Waals surface area contributed by atoms with Crippen molar-refractivity contribution in [3.63, 3.8) is 0 Å². The Balaban J connectivity index is -0.0000000382. The molecule has 2 aromatic rings. The number of rotatable bonds is 2. The first-order valence-electron chi connectivity index (χ1n) is 12.3. The Morgan fingerprint density at radius 2 is 0.692 bits per heavy atom. The summed E-state index contributed by atoms with van der Waals surface area (Å²) < 4.78 is 0. The van der Waals surface area contributed by atoms with Gasteiger partial charge in [0.2, 0.25) is 0 Å². The highest BCUT2D eigenvalue weighted by atomic mass is 16.3. The first-order valence-corrected chi connectivity index (χ1v) is 12.3. The SMILES string of the molecule is C.C.C.CC.CC.CC(C)=O.CC(C)O.CN=CN(C)C.CN=CN(C)C.c1ccccc1.c1ccccc1. The molecule has 0 heterocycles. The molecule has 0 unspecified atom stereocenters. The smallest absolute Gasteiger partial charge is 0.126 e. The average molecular weight is 555 g/mol. The van der Waals surface area contributed by atoms with Crippen molar-refractivity contribution in [1.29, 1.82) is 0 Å². The van der Waals surface area contributed by atoms with Crippen LogP contribution in [0.4, 0.5) is 0 Å². The molecule has 0 bridgehead atoms. The molecule has 0 aliphatic rings. The molecule has 234 valence electrons. The monoisotopic (exact) mass is 555 g/mol. The lowest BCUT2D eigenvalue weighted by Crippen LogP contribution is -2.06. The number of aliphatic hydroxyl groups is 1. The van der Waals surface area contributed by atoms with E-state index in [0.29, 0.717) is 0 Å². The molecule has 1 N–H and O–H groups in total. The molecule has 6 heteroatoms. The third-order valence-electron chi connectivity index (χ3n) is 2.03. The molecule has 0 atom stereocenters. The van der Waals surface area contributed by atoms with Gasteiger partial charge in [0.25, 0.3) is 0 Å². The van der Waals surface area contributed by atoms with Crippen molar-refractivity contribution in [2.75, 3.05) is 42.3 Å². The number of benzene rings is 2. The largest absolute Gasteiger partial charge is 0.394 e. The number of carbonyl (C=O) groups excluding carboxylic acids is 1. The summed E-state index contributed by atoms with van der Waals surface area (Å²) in [5, 5.41) is 8.06. The molecule has 6 nitrogen and oxygen atoms in total. The summed E-state index contributed by atoms with van der Waals surface area (Å²) in [6.07, 6.45) is 3.33. The predicted octanol–water partition coefficient (Wildman–Crippen LogP) is 8.73. The maximum Gasteiger partial charge on any atom is 0.126 e. The summed E-state index contributed by atoms with van der Waals surface area (Å²) in [5.74, 6) is 0.167. The predicted molar refractivity (Wildman–Crippen MR) is 186 cm³/mol. The zero-order valence-electron chi connectivity index (χ0n) is 25.8. The summed E-state index contributed by atoms with van der Waals surface area (Å²) in [7, 11) is 11.2. The van der Waals surface area contributed by atoms with Crippen molar-refractivity contribution in [2.24, 2.45) is 9.98 Å². The molecule has 2 aromatic carbocycles. The van der Waals surface area contributed by atoms with E-state index in [4.69, 9.17) is 5.11 Å². The van der Waals surface area contributed by atoms with Crippen LogP contribution < -0.4 is 0 Å². The molecule has 0 saturated carbocycles. The Labute approximate surface area is 246 Å². The first-order chi connectivity index (χ1) is 17.0. The van der Waals surface area contributed by atoms with Crippen LogP contribution in [-0.4, -0.2) is 81.8 Å². The topological polar surface area (TPSA) is 68.5 Å². The van der Waals surface area contributed by atoms with Gasteiger partial charge in [-0.25, -0.2) is 0 Å². The summed E-state index contributed by atoms with van der Waals surface area (Å²) in [6.45, 7) is 14.5. The quantitative estimate of drug-likeness (QED) is 0.298. The Morgan fingerprint density at radius 1 is 0.590 bits per heavy atom. The summed E-state index contributed by atoms with van der Waals surface area (Å²) in [6, 6.07) is 24.0. The van der Waals surface area contributed by atoms with Crippen molar-refractivity contribution >= 4 is 18.5 Å². The van der Waals surface area contributed by atoms with Crippen molar-refractivity contribution in [3.8, 4) is 0 Å². The third-order valence-corrected chi connectivity index (χ3v) is 2.03. The van der Waals surface area contributed by atoms with Crippen LogP contribution in [0.15, 0.2) is 82.8 Å².